The summed E-state index contributed by atoms with van der Waals surface area (Å²) in [4.78, 5) is 4.55. The van der Waals surface area contributed by atoms with Gasteiger partial charge in [0.1, 0.15) is 0 Å². The number of anilines is 1. The van der Waals surface area contributed by atoms with E-state index in [-0.39, 0.29) is 0 Å². The molecule has 22 heavy (non-hydrogen) atoms. The van der Waals surface area contributed by atoms with E-state index in [1.165, 1.54) is 11.1 Å². The van der Waals surface area contributed by atoms with Crippen LogP contribution in [0.25, 0.3) is 22.8 Å². The van der Waals surface area contributed by atoms with Gasteiger partial charge in [0, 0.05) is 16.8 Å². The Morgan fingerprint density at radius 1 is 1.18 bits per heavy atom. The number of aromatic nitrogens is 2. The molecule has 0 spiro atoms. The van der Waals surface area contributed by atoms with Crippen LogP contribution in [0.2, 0.25) is 0 Å². The highest BCUT2D eigenvalue weighted by atomic mass is 31.0. The van der Waals surface area contributed by atoms with Gasteiger partial charge in [0.25, 0.3) is 5.89 Å². The van der Waals surface area contributed by atoms with E-state index in [2.05, 4.69) is 37.6 Å². The van der Waals surface area contributed by atoms with Crippen LogP contribution < -0.4 is 5.73 Å². The van der Waals surface area contributed by atoms with E-state index >= 15 is 0 Å². The molecule has 1 aromatic heterocycles. The second-order valence-electron chi connectivity index (χ2n) is 5.57. The van der Waals surface area contributed by atoms with Gasteiger partial charge in [-0.25, -0.2) is 0 Å². The SMILES string of the molecule is Nc1cccc(-c2nc(-c3cccc4c3CC[C@H]4P)no2)c1. The zero-order valence-corrected chi connectivity index (χ0v) is 13.1. The average Bonchev–Trinajstić information content (AvgIpc) is 3.15. The first-order chi connectivity index (χ1) is 10.7. The molecule has 1 aliphatic carbocycles. The van der Waals surface area contributed by atoms with Gasteiger partial charge in [0.2, 0.25) is 5.82 Å². The van der Waals surface area contributed by atoms with E-state index < -0.39 is 0 Å². The molecule has 0 amide bonds. The molecule has 0 radical (unpaired) electrons. The molecule has 2 N–H and O–H groups in total. The van der Waals surface area contributed by atoms with Crippen LogP contribution >= 0.6 is 9.24 Å². The number of nitrogen functional groups attached to an aromatic ring is 1. The molecule has 2 aromatic carbocycles. The Morgan fingerprint density at radius 3 is 2.91 bits per heavy atom. The largest absolute Gasteiger partial charge is 0.399 e. The molecule has 2 atom stereocenters. The summed E-state index contributed by atoms with van der Waals surface area (Å²) in [6, 6.07) is 13.8. The maximum Gasteiger partial charge on any atom is 0.258 e. The number of hydrogen-bond donors (Lipinski definition) is 1. The van der Waals surface area contributed by atoms with Crippen molar-refractivity contribution in [2.45, 2.75) is 18.5 Å². The second-order valence-corrected chi connectivity index (χ2v) is 6.37. The van der Waals surface area contributed by atoms with Crippen LogP contribution in [0.15, 0.2) is 47.0 Å². The summed E-state index contributed by atoms with van der Waals surface area (Å²) < 4.78 is 5.42. The molecule has 5 heteroatoms. The van der Waals surface area contributed by atoms with E-state index in [4.69, 9.17) is 10.3 Å². The van der Waals surface area contributed by atoms with Crippen molar-refractivity contribution in [3.05, 3.63) is 53.6 Å². The van der Waals surface area contributed by atoms with E-state index in [1.807, 2.05) is 24.3 Å². The molecule has 1 heterocycles. The lowest BCUT2D eigenvalue weighted by Gasteiger charge is -2.06. The smallest absolute Gasteiger partial charge is 0.258 e. The fourth-order valence-electron chi connectivity index (χ4n) is 3.02. The standard InChI is InChI=1S/C17H16N3OP/c18-11-4-1-3-10(9-11)17-19-16(20-21-17)14-6-2-5-13-12(14)7-8-15(13)22/h1-6,9,15H,7-8,18,22H2/t15-/m1/s1. The van der Waals surface area contributed by atoms with Crippen molar-refractivity contribution in [1.29, 1.82) is 0 Å². The minimum Gasteiger partial charge on any atom is -0.399 e. The number of hydrogen-bond acceptors (Lipinski definition) is 4. The van der Waals surface area contributed by atoms with Gasteiger partial charge in [0.05, 0.1) is 0 Å². The third-order valence-corrected chi connectivity index (χ3v) is 4.81. The van der Waals surface area contributed by atoms with Crippen LogP contribution in [0, 0.1) is 0 Å². The quantitative estimate of drug-likeness (QED) is 0.577. The van der Waals surface area contributed by atoms with Crippen molar-refractivity contribution in [2.24, 2.45) is 0 Å². The highest BCUT2D eigenvalue weighted by Gasteiger charge is 2.23. The molecule has 1 aliphatic rings. The zero-order valence-electron chi connectivity index (χ0n) is 12.0. The molecule has 0 aliphatic heterocycles. The topological polar surface area (TPSA) is 64.9 Å². The van der Waals surface area contributed by atoms with Crippen LogP contribution in [0.3, 0.4) is 0 Å². The highest BCUT2D eigenvalue weighted by molar-refractivity contribution is 7.17. The van der Waals surface area contributed by atoms with Gasteiger partial charge < -0.3 is 10.3 Å². The molecule has 0 saturated heterocycles. The third kappa shape index (κ3) is 2.20. The first-order valence-electron chi connectivity index (χ1n) is 7.30. The Bertz CT molecular complexity index is 843. The fraction of sp³-hybridized carbons (Fsp3) is 0.176. The van der Waals surface area contributed by atoms with Crippen molar-refractivity contribution in [3.8, 4) is 22.8 Å². The Kier molecular flexibility index (Phi) is 3.20. The van der Waals surface area contributed by atoms with Crippen LogP contribution in [0.1, 0.15) is 23.2 Å². The van der Waals surface area contributed by atoms with Crippen LogP contribution in [0.5, 0.6) is 0 Å². The monoisotopic (exact) mass is 309 g/mol. The van der Waals surface area contributed by atoms with Crippen molar-refractivity contribution in [1.82, 2.24) is 10.1 Å². The number of fused-ring (bicyclic) bond motifs is 1. The normalized spacial score (nSPS) is 16.7. The molecule has 0 saturated carbocycles. The highest BCUT2D eigenvalue weighted by Crippen LogP contribution is 2.41. The Labute approximate surface area is 130 Å². The van der Waals surface area contributed by atoms with Gasteiger partial charge in [0.15, 0.2) is 0 Å². The molecule has 110 valence electrons. The molecule has 1 unspecified atom stereocenters. The summed E-state index contributed by atoms with van der Waals surface area (Å²) >= 11 is 0. The Hall–Kier alpha value is -2.19. The van der Waals surface area contributed by atoms with Gasteiger partial charge in [-0.15, -0.1) is 9.24 Å². The molecular formula is C17H16N3OP. The van der Waals surface area contributed by atoms with Crippen molar-refractivity contribution >= 4 is 14.9 Å². The minimum atomic E-state index is 0.500. The predicted octanol–water partition coefficient (Wildman–Crippen LogP) is 3.85. The van der Waals surface area contributed by atoms with E-state index in [0.29, 0.717) is 23.1 Å². The summed E-state index contributed by atoms with van der Waals surface area (Å²) in [5, 5.41) is 4.16. The van der Waals surface area contributed by atoms with Crippen LogP contribution in [-0.4, -0.2) is 10.1 Å². The maximum atomic E-state index is 5.81. The van der Waals surface area contributed by atoms with E-state index in [0.717, 1.165) is 24.0 Å². The first kappa shape index (κ1) is 13.5. The lowest BCUT2D eigenvalue weighted by Crippen LogP contribution is -1.90. The predicted molar refractivity (Wildman–Crippen MR) is 90.4 cm³/mol. The van der Waals surface area contributed by atoms with E-state index in [1.54, 1.807) is 0 Å². The van der Waals surface area contributed by atoms with Gasteiger partial charge >= 0.3 is 0 Å². The number of rotatable bonds is 2. The number of benzene rings is 2. The minimum absolute atomic E-state index is 0.500. The van der Waals surface area contributed by atoms with Crippen molar-refractivity contribution < 1.29 is 4.52 Å². The molecule has 4 rings (SSSR count). The Morgan fingerprint density at radius 2 is 2.05 bits per heavy atom. The fourth-order valence-corrected chi connectivity index (χ4v) is 3.50. The van der Waals surface area contributed by atoms with Gasteiger partial charge in [-0.1, -0.05) is 29.4 Å². The van der Waals surface area contributed by atoms with Gasteiger partial charge in [-0.2, -0.15) is 4.98 Å². The van der Waals surface area contributed by atoms with Crippen LogP contribution in [-0.2, 0) is 6.42 Å². The average molecular weight is 309 g/mol. The number of nitrogens with zero attached hydrogens (tertiary/aromatic N) is 2. The van der Waals surface area contributed by atoms with Crippen molar-refractivity contribution in [2.75, 3.05) is 5.73 Å². The Balaban J connectivity index is 1.77. The lowest BCUT2D eigenvalue weighted by atomic mass is 10.0. The summed E-state index contributed by atoms with van der Waals surface area (Å²) in [6.07, 6.45) is 2.21. The van der Waals surface area contributed by atoms with Gasteiger partial charge in [-0.3, -0.25) is 0 Å². The molecule has 0 bridgehead atoms. The maximum absolute atomic E-state index is 5.81. The first-order valence-corrected chi connectivity index (χ1v) is 7.96. The molecular weight excluding hydrogens is 293 g/mol. The van der Waals surface area contributed by atoms with Gasteiger partial charge in [-0.05, 0) is 47.8 Å². The van der Waals surface area contributed by atoms with Crippen LogP contribution in [0.4, 0.5) is 5.69 Å². The third-order valence-electron chi connectivity index (χ3n) is 4.12. The molecule has 0 fully saturated rings. The van der Waals surface area contributed by atoms with Crippen molar-refractivity contribution in [3.63, 3.8) is 0 Å². The number of nitrogens with two attached hydrogens (primary N) is 1. The second kappa shape index (κ2) is 5.22. The molecule has 4 nitrogen and oxygen atoms in total. The summed E-state index contributed by atoms with van der Waals surface area (Å²) in [7, 11) is 2.91. The summed E-state index contributed by atoms with van der Waals surface area (Å²) in [5.41, 5.74) is 11.6. The van der Waals surface area contributed by atoms with E-state index in [9.17, 15) is 0 Å². The lowest BCUT2D eigenvalue weighted by molar-refractivity contribution is 0.432. The summed E-state index contributed by atoms with van der Waals surface area (Å²) in [5.74, 6) is 1.15. The summed E-state index contributed by atoms with van der Waals surface area (Å²) in [6.45, 7) is 0. The zero-order chi connectivity index (χ0) is 15.1. The molecule has 3 aromatic rings.